The molecule has 1 aromatic heterocycles. The van der Waals surface area contributed by atoms with Crippen LogP contribution < -0.4 is 10.2 Å². The van der Waals surface area contributed by atoms with Gasteiger partial charge in [-0.05, 0) is 36.4 Å². The normalized spacial score (nSPS) is 10.7. The molecule has 4 rings (SSSR count). The topological polar surface area (TPSA) is 41.0 Å². The monoisotopic (exact) mass is 340 g/mol. The molecule has 0 fully saturated rings. The molecule has 0 radical (unpaired) electrons. The van der Waals surface area contributed by atoms with Gasteiger partial charge in [0, 0.05) is 36.4 Å². The highest BCUT2D eigenvalue weighted by atomic mass is 15.1. The lowest BCUT2D eigenvalue weighted by molar-refractivity contribution is 1.13. The first-order chi connectivity index (χ1) is 12.7. The molecule has 4 heteroatoms. The summed E-state index contributed by atoms with van der Waals surface area (Å²) in [6.45, 7) is 0. The Labute approximate surface area is 153 Å². The number of hydrogen-bond acceptors (Lipinski definition) is 4. The summed E-state index contributed by atoms with van der Waals surface area (Å²) >= 11 is 0. The molecule has 4 nitrogen and oxygen atoms in total. The van der Waals surface area contributed by atoms with Crippen molar-refractivity contribution in [2.24, 2.45) is 0 Å². The summed E-state index contributed by atoms with van der Waals surface area (Å²) in [5.74, 6) is 1.53. The molecule has 0 saturated carbocycles. The van der Waals surface area contributed by atoms with Crippen LogP contribution in [-0.4, -0.2) is 24.1 Å². The van der Waals surface area contributed by atoms with Gasteiger partial charge in [-0.2, -0.15) is 0 Å². The van der Waals surface area contributed by atoms with Crippen LogP contribution in [0.4, 0.5) is 17.2 Å². The Morgan fingerprint density at radius 2 is 1.42 bits per heavy atom. The van der Waals surface area contributed by atoms with Crippen molar-refractivity contribution >= 4 is 28.1 Å². The van der Waals surface area contributed by atoms with Crippen LogP contribution in [0.3, 0.4) is 0 Å². The molecule has 0 unspecified atom stereocenters. The number of nitrogens with zero attached hydrogens (tertiary/aromatic N) is 3. The second-order valence-electron chi connectivity index (χ2n) is 6.35. The number of aromatic nitrogens is 2. The second kappa shape index (κ2) is 6.84. The molecule has 1 N–H and O–H groups in total. The van der Waals surface area contributed by atoms with Gasteiger partial charge in [-0.15, -0.1) is 0 Å². The predicted octanol–water partition coefficient (Wildman–Crippen LogP) is 5.11. The average molecular weight is 340 g/mol. The summed E-state index contributed by atoms with van der Waals surface area (Å²) < 4.78 is 0. The predicted molar refractivity (Wildman–Crippen MR) is 109 cm³/mol. The maximum Gasteiger partial charge on any atom is 0.162 e. The van der Waals surface area contributed by atoms with Crippen LogP contribution in [0.1, 0.15) is 0 Å². The maximum atomic E-state index is 4.79. The highest BCUT2D eigenvalue weighted by Gasteiger charge is 2.09. The Balaban J connectivity index is 1.78. The molecule has 128 valence electrons. The Bertz CT molecular complexity index is 1020. The minimum absolute atomic E-state index is 0.719. The van der Waals surface area contributed by atoms with E-state index < -0.39 is 0 Å². The van der Waals surface area contributed by atoms with Gasteiger partial charge in [0.15, 0.2) is 5.82 Å². The summed E-state index contributed by atoms with van der Waals surface area (Å²) in [6, 6.07) is 26.4. The first-order valence-corrected chi connectivity index (χ1v) is 8.57. The summed E-state index contributed by atoms with van der Waals surface area (Å²) in [7, 11) is 4.07. The van der Waals surface area contributed by atoms with Crippen molar-refractivity contribution in [3.05, 3.63) is 78.9 Å². The molecule has 0 aliphatic heterocycles. The van der Waals surface area contributed by atoms with E-state index in [4.69, 9.17) is 9.97 Å². The fourth-order valence-corrected chi connectivity index (χ4v) is 2.87. The summed E-state index contributed by atoms with van der Waals surface area (Å²) in [5.41, 5.74) is 4.09. The van der Waals surface area contributed by atoms with Crippen LogP contribution >= 0.6 is 0 Å². The zero-order valence-electron chi connectivity index (χ0n) is 14.8. The first-order valence-electron chi connectivity index (χ1n) is 8.57. The lowest BCUT2D eigenvalue weighted by atomic mass is 10.2. The average Bonchev–Trinajstić information content (AvgIpc) is 2.69. The van der Waals surface area contributed by atoms with Crippen LogP contribution in [0.5, 0.6) is 0 Å². The van der Waals surface area contributed by atoms with E-state index in [0.29, 0.717) is 0 Å². The summed E-state index contributed by atoms with van der Waals surface area (Å²) in [5, 5.41) is 4.46. The number of benzene rings is 3. The Kier molecular flexibility index (Phi) is 4.23. The lowest BCUT2D eigenvalue weighted by Crippen LogP contribution is -2.08. The van der Waals surface area contributed by atoms with E-state index in [1.54, 1.807) is 0 Å². The van der Waals surface area contributed by atoms with E-state index in [-0.39, 0.29) is 0 Å². The standard InChI is InChI=1S/C22H20N4/c1-26(2)18-14-12-17(13-15-18)23-22-19-10-6-7-11-20(19)24-21(25-22)16-8-4-3-5-9-16/h3-15H,1-2H3,(H,23,24,25). The van der Waals surface area contributed by atoms with Gasteiger partial charge in [0.2, 0.25) is 0 Å². The summed E-state index contributed by atoms with van der Waals surface area (Å²) in [6.07, 6.45) is 0. The van der Waals surface area contributed by atoms with Crippen molar-refractivity contribution in [1.82, 2.24) is 9.97 Å². The Hall–Kier alpha value is -3.40. The molecule has 0 atom stereocenters. The van der Waals surface area contributed by atoms with Crippen LogP contribution in [-0.2, 0) is 0 Å². The molecule has 0 saturated heterocycles. The Morgan fingerprint density at radius 1 is 0.731 bits per heavy atom. The second-order valence-corrected chi connectivity index (χ2v) is 6.35. The molecule has 4 aromatic rings. The highest BCUT2D eigenvalue weighted by Crippen LogP contribution is 2.27. The third-order valence-corrected chi connectivity index (χ3v) is 4.28. The minimum atomic E-state index is 0.719. The van der Waals surface area contributed by atoms with Gasteiger partial charge in [0.1, 0.15) is 5.82 Å². The number of rotatable bonds is 4. The van der Waals surface area contributed by atoms with Gasteiger partial charge >= 0.3 is 0 Å². The van der Waals surface area contributed by atoms with Gasteiger partial charge in [-0.25, -0.2) is 9.97 Å². The van der Waals surface area contributed by atoms with Crippen LogP contribution in [0.2, 0.25) is 0 Å². The van der Waals surface area contributed by atoms with Crippen molar-refractivity contribution in [3.8, 4) is 11.4 Å². The number of hydrogen-bond donors (Lipinski definition) is 1. The van der Waals surface area contributed by atoms with Crippen molar-refractivity contribution in [3.63, 3.8) is 0 Å². The molecular weight excluding hydrogens is 320 g/mol. The van der Waals surface area contributed by atoms with Gasteiger partial charge in [0.25, 0.3) is 0 Å². The molecular formula is C22H20N4. The Morgan fingerprint density at radius 3 is 2.15 bits per heavy atom. The van der Waals surface area contributed by atoms with Gasteiger partial charge < -0.3 is 10.2 Å². The van der Waals surface area contributed by atoms with E-state index in [1.165, 1.54) is 0 Å². The number of anilines is 3. The fourth-order valence-electron chi connectivity index (χ4n) is 2.87. The molecule has 1 heterocycles. The third-order valence-electron chi connectivity index (χ3n) is 4.28. The van der Waals surface area contributed by atoms with E-state index in [1.807, 2.05) is 68.7 Å². The maximum absolute atomic E-state index is 4.79. The van der Waals surface area contributed by atoms with Crippen molar-refractivity contribution in [1.29, 1.82) is 0 Å². The zero-order valence-corrected chi connectivity index (χ0v) is 14.8. The molecule has 26 heavy (non-hydrogen) atoms. The molecule has 0 amide bonds. The smallest absolute Gasteiger partial charge is 0.162 e. The SMILES string of the molecule is CN(C)c1ccc(Nc2nc(-c3ccccc3)nc3ccccc23)cc1. The molecule has 3 aromatic carbocycles. The summed E-state index contributed by atoms with van der Waals surface area (Å²) in [4.78, 5) is 11.6. The van der Waals surface area contributed by atoms with Gasteiger partial charge in [-0.1, -0.05) is 42.5 Å². The van der Waals surface area contributed by atoms with Crippen LogP contribution in [0.15, 0.2) is 78.9 Å². The van der Waals surface area contributed by atoms with Gasteiger partial charge in [0.05, 0.1) is 5.52 Å². The third kappa shape index (κ3) is 3.22. The zero-order chi connectivity index (χ0) is 17.9. The van der Waals surface area contributed by atoms with Gasteiger partial charge in [-0.3, -0.25) is 0 Å². The van der Waals surface area contributed by atoms with E-state index in [2.05, 4.69) is 34.5 Å². The van der Waals surface area contributed by atoms with Crippen molar-refractivity contribution < 1.29 is 0 Å². The van der Waals surface area contributed by atoms with Crippen LogP contribution in [0, 0.1) is 0 Å². The number of nitrogens with one attached hydrogen (secondary N) is 1. The van der Waals surface area contributed by atoms with Crippen molar-refractivity contribution in [2.75, 3.05) is 24.3 Å². The van der Waals surface area contributed by atoms with E-state index in [9.17, 15) is 0 Å². The number of para-hydroxylation sites is 1. The first kappa shape index (κ1) is 16.1. The molecule has 0 bridgehead atoms. The molecule has 0 spiro atoms. The van der Waals surface area contributed by atoms with Crippen LogP contribution in [0.25, 0.3) is 22.3 Å². The molecule has 0 aliphatic rings. The lowest BCUT2D eigenvalue weighted by Gasteiger charge is -2.14. The highest BCUT2D eigenvalue weighted by molar-refractivity contribution is 5.92. The van der Waals surface area contributed by atoms with Crippen molar-refractivity contribution in [2.45, 2.75) is 0 Å². The minimum Gasteiger partial charge on any atom is -0.378 e. The molecule has 0 aliphatic carbocycles. The largest absolute Gasteiger partial charge is 0.378 e. The fraction of sp³-hybridized carbons (Fsp3) is 0.0909. The quantitative estimate of drug-likeness (QED) is 0.561. The number of fused-ring (bicyclic) bond motifs is 1. The van der Waals surface area contributed by atoms with E-state index in [0.717, 1.165) is 39.5 Å². The van der Waals surface area contributed by atoms with E-state index >= 15 is 0 Å².